The summed E-state index contributed by atoms with van der Waals surface area (Å²) in [6.45, 7) is 6.34. The Hall–Kier alpha value is -3.80. The van der Waals surface area contributed by atoms with Crippen LogP contribution in [0.1, 0.15) is 42.9 Å². The highest BCUT2D eigenvalue weighted by Gasteiger charge is 2.27. The van der Waals surface area contributed by atoms with Crippen molar-refractivity contribution in [2.45, 2.75) is 39.2 Å². The molecule has 0 aromatic heterocycles. The first-order valence-corrected chi connectivity index (χ1v) is 12.1. The maximum Gasteiger partial charge on any atom is 0.324 e. The average Bonchev–Trinajstić information content (AvgIpc) is 2.86. The number of nitrogens with one attached hydrogen (secondary N) is 1. The Morgan fingerprint density at radius 1 is 0.971 bits per heavy atom. The first-order valence-electron chi connectivity index (χ1n) is 12.1. The number of carbonyl (C=O) groups is 2. The van der Waals surface area contributed by atoms with Crippen molar-refractivity contribution < 1.29 is 14.3 Å². The van der Waals surface area contributed by atoms with Gasteiger partial charge in [-0.25, -0.2) is 4.79 Å². The maximum atomic E-state index is 13.3. The molecule has 1 N–H and O–H groups in total. The van der Waals surface area contributed by atoms with Crippen molar-refractivity contribution in [2.75, 3.05) is 30.4 Å². The number of ether oxygens (including phenoxy) is 1. The van der Waals surface area contributed by atoms with E-state index in [1.807, 2.05) is 53.4 Å². The minimum absolute atomic E-state index is 0.00843. The molecule has 0 bridgehead atoms. The topological polar surface area (TPSA) is 61.9 Å². The molecule has 0 radical (unpaired) electrons. The zero-order chi connectivity index (χ0) is 24.8. The molecule has 0 atom stereocenters. The molecule has 35 heavy (non-hydrogen) atoms. The normalized spacial score (nSPS) is 13.8. The standard InChI is InChI=1S/C29H33N3O3/c1-21(2)24-12-8-23(9-13-24)20-31-16-5-17-32(29(31)34)26-7-4-6-25(19-26)30-28(33)18-22-10-14-27(35-3)15-11-22/h4,6-15,19,21H,5,16-18,20H2,1-3H3,(H,30,33). The number of benzene rings is 3. The van der Waals surface area contributed by atoms with Gasteiger partial charge in [-0.05, 0) is 59.4 Å². The molecule has 1 aliphatic heterocycles. The highest BCUT2D eigenvalue weighted by Crippen LogP contribution is 2.25. The number of rotatable bonds is 8. The van der Waals surface area contributed by atoms with E-state index >= 15 is 0 Å². The number of amides is 3. The van der Waals surface area contributed by atoms with Gasteiger partial charge in [0.15, 0.2) is 0 Å². The van der Waals surface area contributed by atoms with Gasteiger partial charge in [0.1, 0.15) is 5.75 Å². The molecular formula is C29H33N3O3. The second kappa shape index (κ2) is 11.1. The average molecular weight is 472 g/mol. The van der Waals surface area contributed by atoms with Crippen molar-refractivity contribution in [3.63, 3.8) is 0 Å². The maximum absolute atomic E-state index is 13.3. The molecule has 1 heterocycles. The van der Waals surface area contributed by atoms with Crippen molar-refractivity contribution in [1.29, 1.82) is 0 Å². The van der Waals surface area contributed by atoms with Crippen LogP contribution in [0, 0.1) is 0 Å². The third-order valence-corrected chi connectivity index (χ3v) is 6.30. The van der Waals surface area contributed by atoms with E-state index in [9.17, 15) is 9.59 Å². The predicted molar refractivity (Wildman–Crippen MR) is 140 cm³/mol. The van der Waals surface area contributed by atoms with Gasteiger partial charge in [-0.15, -0.1) is 0 Å². The molecule has 3 aromatic rings. The Labute approximate surface area is 207 Å². The zero-order valence-corrected chi connectivity index (χ0v) is 20.7. The number of methoxy groups -OCH3 is 1. The van der Waals surface area contributed by atoms with E-state index in [0.717, 1.165) is 35.5 Å². The van der Waals surface area contributed by atoms with Crippen molar-refractivity contribution in [3.8, 4) is 5.75 Å². The third-order valence-electron chi connectivity index (χ3n) is 6.30. The van der Waals surface area contributed by atoms with Crippen LogP contribution in [0.2, 0.25) is 0 Å². The molecule has 0 unspecified atom stereocenters. The lowest BCUT2D eigenvalue weighted by molar-refractivity contribution is -0.115. The fourth-order valence-electron chi connectivity index (χ4n) is 4.28. The summed E-state index contributed by atoms with van der Waals surface area (Å²) >= 11 is 0. The molecule has 1 aliphatic rings. The van der Waals surface area contributed by atoms with E-state index in [4.69, 9.17) is 4.74 Å². The predicted octanol–water partition coefficient (Wildman–Crippen LogP) is 5.83. The number of nitrogens with zero attached hydrogens (tertiary/aromatic N) is 2. The molecule has 182 valence electrons. The van der Waals surface area contributed by atoms with Crippen LogP contribution in [0.4, 0.5) is 16.2 Å². The number of anilines is 2. The van der Waals surface area contributed by atoms with Crippen LogP contribution in [-0.2, 0) is 17.8 Å². The summed E-state index contributed by atoms with van der Waals surface area (Å²) in [5.74, 6) is 1.14. The summed E-state index contributed by atoms with van der Waals surface area (Å²) in [7, 11) is 1.62. The number of carbonyl (C=O) groups excluding carboxylic acids is 2. The molecular weight excluding hydrogens is 438 g/mol. The van der Waals surface area contributed by atoms with Gasteiger partial charge in [-0.1, -0.05) is 56.3 Å². The van der Waals surface area contributed by atoms with Crippen LogP contribution in [0.15, 0.2) is 72.8 Å². The van der Waals surface area contributed by atoms with E-state index in [0.29, 0.717) is 24.7 Å². The van der Waals surface area contributed by atoms with Crippen molar-refractivity contribution >= 4 is 23.3 Å². The fraction of sp³-hybridized carbons (Fsp3) is 0.310. The van der Waals surface area contributed by atoms with Gasteiger partial charge in [0, 0.05) is 31.0 Å². The quantitative estimate of drug-likeness (QED) is 0.449. The lowest BCUT2D eigenvalue weighted by Gasteiger charge is -2.36. The summed E-state index contributed by atoms with van der Waals surface area (Å²) in [6.07, 6.45) is 1.16. The van der Waals surface area contributed by atoms with E-state index in [1.165, 1.54) is 5.56 Å². The van der Waals surface area contributed by atoms with E-state index in [2.05, 4.69) is 43.4 Å². The van der Waals surface area contributed by atoms with Gasteiger partial charge in [0.2, 0.25) is 5.91 Å². The van der Waals surface area contributed by atoms with Crippen LogP contribution >= 0.6 is 0 Å². The minimum Gasteiger partial charge on any atom is -0.497 e. The second-order valence-electron chi connectivity index (χ2n) is 9.23. The molecule has 1 saturated heterocycles. The summed E-state index contributed by atoms with van der Waals surface area (Å²) in [6, 6.07) is 23.4. The Morgan fingerprint density at radius 2 is 1.69 bits per heavy atom. The van der Waals surface area contributed by atoms with Gasteiger partial charge >= 0.3 is 6.03 Å². The lowest BCUT2D eigenvalue weighted by atomic mass is 10.0. The molecule has 3 aromatic carbocycles. The van der Waals surface area contributed by atoms with Crippen LogP contribution in [0.25, 0.3) is 0 Å². The van der Waals surface area contributed by atoms with Gasteiger partial charge in [0.05, 0.1) is 13.5 Å². The van der Waals surface area contributed by atoms with E-state index in [-0.39, 0.29) is 18.4 Å². The highest BCUT2D eigenvalue weighted by atomic mass is 16.5. The van der Waals surface area contributed by atoms with Crippen LogP contribution in [0.3, 0.4) is 0 Å². The second-order valence-corrected chi connectivity index (χ2v) is 9.23. The number of hydrogen-bond acceptors (Lipinski definition) is 3. The summed E-state index contributed by atoms with van der Waals surface area (Å²) in [4.78, 5) is 29.6. The summed E-state index contributed by atoms with van der Waals surface area (Å²) in [5, 5.41) is 2.96. The summed E-state index contributed by atoms with van der Waals surface area (Å²) in [5.41, 5.74) is 4.80. The van der Waals surface area contributed by atoms with Crippen LogP contribution < -0.4 is 15.0 Å². The molecule has 6 nitrogen and oxygen atoms in total. The largest absolute Gasteiger partial charge is 0.497 e. The summed E-state index contributed by atoms with van der Waals surface area (Å²) < 4.78 is 5.17. The van der Waals surface area contributed by atoms with Crippen molar-refractivity contribution in [3.05, 3.63) is 89.5 Å². The monoisotopic (exact) mass is 471 g/mol. The molecule has 0 spiro atoms. The Kier molecular flexibility index (Phi) is 7.70. The Morgan fingerprint density at radius 3 is 2.37 bits per heavy atom. The first-order chi connectivity index (χ1) is 16.9. The molecule has 4 rings (SSSR count). The first kappa shape index (κ1) is 24.3. The van der Waals surface area contributed by atoms with Gasteiger partial charge < -0.3 is 15.0 Å². The van der Waals surface area contributed by atoms with E-state index in [1.54, 1.807) is 12.0 Å². The fourth-order valence-corrected chi connectivity index (χ4v) is 4.28. The molecule has 0 saturated carbocycles. The lowest BCUT2D eigenvalue weighted by Crippen LogP contribution is -2.49. The third kappa shape index (κ3) is 6.21. The zero-order valence-electron chi connectivity index (χ0n) is 20.7. The van der Waals surface area contributed by atoms with Crippen molar-refractivity contribution in [2.24, 2.45) is 0 Å². The van der Waals surface area contributed by atoms with E-state index < -0.39 is 0 Å². The van der Waals surface area contributed by atoms with Crippen molar-refractivity contribution in [1.82, 2.24) is 4.90 Å². The smallest absolute Gasteiger partial charge is 0.324 e. The molecule has 1 fully saturated rings. The van der Waals surface area contributed by atoms with Gasteiger partial charge in [-0.2, -0.15) is 0 Å². The molecule has 6 heteroatoms. The van der Waals surface area contributed by atoms with Crippen LogP contribution in [0.5, 0.6) is 5.75 Å². The molecule has 0 aliphatic carbocycles. The van der Waals surface area contributed by atoms with Gasteiger partial charge in [0.25, 0.3) is 0 Å². The van der Waals surface area contributed by atoms with Gasteiger partial charge in [-0.3, -0.25) is 9.69 Å². The Balaban J connectivity index is 1.40. The highest BCUT2D eigenvalue weighted by molar-refractivity contribution is 5.95. The Bertz CT molecular complexity index is 1160. The number of hydrogen-bond donors (Lipinski definition) is 1. The number of urea groups is 1. The minimum atomic E-state index is -0.108. The SMILES string of the molecule is COc1ccc(CC(=O)Nc2cccc(N3CCCN(Cc4ccc(C(C)C)cc4)C3=O)c2)cc1. The molecule has 3 amide bonds. The van der Waals surface area contributed by atoms with Crippen LogP contribution in [-0.4, -0.2) is 37.0 Å².